The smallest absolute Gasteiger partial charge is 0.241 e. The van der Waals surface area contributed by atoms with Gasteiger partial charge in [-0.05, 0) is 49.9 Å². The molecule has 0 bridgehead atoms. The Morgan fingerprint density at radius 1 is 1.23 bits per heavy atom. The van der Waals surface area contributed by atoms with Crippen molar-refractivity contribution in [2.24, 2.45) is 0 Å². The Bertz CT molecular complexity index is 848. The summed E-state index contributed by atoms with van der Waals surface area (Å²) in [5.74, 6) is 0.125. The van der Waals surface area contributed by atoms with Crippen LogP contribution in [0, 0.1) is 6.92 Å². The molecule has 0 unspecified atom stereocenters. The van der Waals surface area contributed by atoms with E-state index in [4.69, 9.17) is 9.47 Å². The van der Waals surface area contributed by atoms with Crippen molar-refractivity contribution in [3.05, 3.63) is 65.7 Å². The van der Waals surface area contributed by atoms with Crippen molar-refractivity contribution in [3.63, 3.8) is 0 Å². The van der Waals surface area contributed by atoms with Crippen molar-refractivity contribution in [1.29, 1.82) is 0 Å². The number of ether oxygens (including phenoxy) is 2. The molecule has 2 saturated heterocycles. The Morgan fingerprint density at radius 2 is 2.07 bits per heavy atom. The van der Waals surface area contributed by atoms with Crippen molar-refractivity contribution < 1.29 is 14.3 Å². The molecule has 4 rings (SSSR count). The number of carbonyl (C=O) groups is 1. The largest absolute Gasteiger partial charge is 0.371 e. The van der Waals surface area contributed by atoms with Crippen LogP contribution in [0.1, 0.15) is 30.9 Å². The third kappa shape index (κ3) is 4.59. The van der Waals surface area contributed by atoms with E-state index in [0.29, 0.717) is 19.7 Å². The molecule has 0 radical (unpaired) electrons. The van der Waals surface area contributed by atoms with Crippen LogP contribution >= 0.6 is 0 Å². The van der Waals surface area contributed by atoms with Crippen molar-refractivity contribution in [1.82, 2.24) is 4.90 Å². The summed E-state index contributed by atoms with van der Waals surface area (Å²) >= 11 is 0. The van der Waals surface area contributed by atoms with Crippen molar-refractivity contribution >= 4 is 11.6 Å². The van der Waals surface area contributed by atoms with E-state index >= 15 is 0 Å². The summed E-state index contributed by atoms with van der Waals surface area (Å²) in [4.78, 5) is 17.2. The van der Waals surface area contributed by atoms with Crippen LogP contribution in [0.3, 0.4) is 0 Å². The van der Waals surface area contributed by atoms with Gasteiger partial charge in [0.05, 0.1) is 13.2 Å². The first kappa shape index (κ1) is 21.0. The molecule has 0 saturated carbocycles. The minimum Gasteiger partial charge on any atom is -0.371 e. The first-order valence-corrected chi connectivity index (χ1v) is 11.0. The molecule has 2 aromatic rings. The fraction of sp³-hybridized carbons (Fsp3) is 0.480. The number of likely N-dealkylation sites (N-methyl/N-ethyl adjacent to an activating group) is 1. The van der Waals surface area contributed by atoms with E-state index in [2.05, 4.69) is 36.1 Å². The number of nitrogens with zero attached hydrogens (tertiary/aromatic N) is 2. The zero-order valence-electron chi connectivity index (χ0n) is 18.0. The lowest BCUT2D eigenvalue weighted by molar-refractivity contribution is -0.119. The Balaban J connectivity index is 1.42. The number of hydrogen-bond donors (Lipinski definition) is 0. The van der Waals surface area contributed by atoms with E-state index < -0.39 is 0 Å². The predicted octanol–water partition coefficient (Wildman–Crippen LogP) is 3.80. The van der Waals surface area contributed by atoms with Gasteiger partial charge in [0, 0.05) is 31.9 Å². The number of rotatable bonds is 7. The lowest BCUT2D eigenvalue weighted by Gasteiger charge is -2.29. The van der Waals surface area contributed by atoms with E-state index in [1.54, 1.807) is 0 Å². The van der Waals surface area contributed by atoms with E-state index in [-0.39, 0.29) is 17.6 Å². The molecule has 2 aromatic carbocycles. The molecule has 0 aliphatic carbocycles. The van der Waals surface area contributed by atoms with Crippen LogP contribution in [-0.4, -0.2) is 55.3 Å². The number of anilines is 1. The highest BCUT2D eigenvalue weighted by atomic mass is 16.6. The SMILES string of the molecule is CCN(C(=O)CN1C[C@H](OCc2ccccc2)[C@]2(CCCO2)C1)c1cccc(C)c1. The normalized spacial score (nSPS) is 23.9. The fourth-order valence-corrected chi connectivity index (χ4v) is 4.71. The fourth-order valence-electron chi connectivity index (χ4n) is 4.71. The minimum absolute atomic E-state index is 0.0120. The molecule has 30 heavy (non-hydrogen) atoms. The van der Waals surface area contributed by atoms with Gasteiger partial charge < -0.3 is 14.4 Å². The topological polar surface area (TPSA) is 42.0 Å². The summed E-state index contributed by atoms with van der Waals surface area (Å²) in [5, 5.41) is 0. The van der Waals surface area contributed by atoms with Crippen LogP contribution in [0.25, 0.3) is 0 Å². The maximum Gasteiger partial charge on any atom is 0.241 e. The van der Waals surface area contributed by atoms with Crippen LogP contribution in [0.4, 0.5) is 5.69 Å². The maximum atomic E-state index is 13.1. The van der Waals surface area contributed by atoms with Crippen molar-refractivity contribution in [2.75, 3.05) is 37.7 Å². The molecule has 1 amide bonds. The number of hydrogen-bond acceptors (Lipinski definition) is 4. The third-order valence-electron chi connectivity index (χ3n) is 6.22. The van der Waals surface area contributed by atoms with Gasteiger partial charge >= 0.3 is 0 Å². The highest BCUT2D eigenvalue weighted by Gasteiger charge is 2.50. The van der Waals surface area contributed by atoms with Crippen LogP contribution < -0.4 is 4.90 Å². The first-order chi connectivity index (χ1) is 14.6. The average Bonchev–Trinajstić information content (AvgIpc) is 3.35. The van der Waals surface area contributed by atoms with Crippen LogP contribution in [0.2, 0.25) is 0 Å². The van der Waals surface area contributed by atoms with Gasteiger partial charge in [-0.25, -0.2) is 0 Å². The molecule has 0 N–H and O–H groups in total. The molecular weight excluding hydrogens is 376 g/mol. The number of aryl methyl sites for hydroxylation is 1. The quantitative estimate of drug-likeness (QED) is 0.699. The van der Waals surface area contributed by atoms with E-state index in [1.165, 1.54) is 0 Å². The maximum absolute atomic E-state index is 13.1. The van der Waals surface area contributed by atoms with Crippen molar-refractivity contribution in [3.8, 4) is 0 Å². The second kappa shape index (κ2) is 9.29. The number of likely N-dealkylation sites (tertiary alicyclic amines) is 1. The Hall–Kier alpha value is -2.21. The monoisotopic (exact) mass is 408 g/mol. The van der Waals surface area contributed by atoms with E-state index in [1.807, 2.05) is 42.2 Å². The molecule has 0 aromatic heterocycles. The third-order valence-corrected chi connectivity index (χ3v) is 6.22. The zero-order valence-corrected chi connectivity index (χ0v) is 18.0. The molecule has 2 fully saturated rings. The highest BCUT2D eigenvalue weighted by Crippen LogP contribution is 2.37. The number of amides is 1. The number of carbonyl (C=O) groups excluding carboxylic acids is 1. The summed E-state index contributed by atoms with van der Waals surface area (Å²) in [7, 11) is 0. The Kier molecular flexibility index (Phi) is 6.52. The first-order valence-electron chi connectivity index (χ1n) is 11.0. The molecular formula is C25H32N2O3. The van der Waals surface area contributed by atoms with Gasteiger partial charge in [0.15, 0.2) is 0 Å². The molecule has 5 nitrogen and oxygen atoms in total. The van der Waals surface area contributed by atoms with Crippen LogP contribution in [-0.2, 0) is 20.9 Å². The van der Waals surface area contributed by atoms with Gasteiger partial charge in [-0.3, -0.25) is 9.69 Å². The molecule has 2 atom stereocenters. The average molecular weight is 409 g/mol. The van der Waals surface area contributed by atoms with E-state index in [9.17, 15) is 4.79 Å². The zero-order chi connectivity index (χ0) is 21.0. The second-order valence-electron chi connectivity index (χ2n) is 8.45. The summed E-state index contributed by atoms with van der Waals surface area (Å²) in [6, 6.07) is 18.4. The summed E-state index contributed by atoms with van der Waals surface area (Å²) in [6.45, 7) is 7.95. The van der Waals surface area contributed by atoms with Gasteiger partial charge in [-0.1, -0.05) is 42.5 Å². The highest BCUT2D eigenvalue weighted by molar-refractivity contribution is 5.94. The number of benzene rings is 2. The van der Waals surface area contributed by atoms with Gasteiger partial charge in [0.1, 0.15) is 11.7 Å². The van der Waals surface area contributed by atoms with Gasteiger partial charge in [-0.2, -0.15) is 0 Å². The van der Waals surface area contributed by atoms with Gasteiger partial charge in [-0.15, -0.1) is 0 Å². The van der Waals surface area contributed by atoms with Gasteiger partial charge in [0.2, 0.25) is 5.91 Å². The molecule has 2 heterocycles. The molecule has 160 valence electrons. The second-order valence-corrected chi connectivity index (χ2v) is 8.45. The summed E-state index contributed by atoms with van der Waals surface area (Å²) in [6.07, 6.45) is 2.03. The van der Waals surface area contributed by atoms with Gasteiger partial charge in [0.25, 0.3) is 0 Å². The Labute approximate surface area is 179 Å². The Morgan fingerprint density at radius 3 is 2.77 bits per heavy atom. The summed E-state index contributed by atoms with van der Waals surface area (Å²) < 4.78 is 12.5. The lowest BCUT2D eigenvalue weighted by Crippen LogP contribution is -2.43. The van der Waals surface area contributed by atoms with Crippen LogP contribution in [0.5, 0.6) is 0 Å². The van der Waals surface area contributed by atoms with Crippen LogP contribution in [0.15, 0.2) is 54.6 Å². The molecule has 2 aliphatic rings. The van der Waals surface area contributed by atoms with Crippen molar-refractivity contribution in [2.45, 2.75) is 45.0 Å². The standard InChI is InChI=1S/C25H32N2O3/c1-3-27(22-12-7-9-20(2)15-22)24(28)17-26-16-23(25(19-26)13-8-14-30-25)29-18-21-10-5-4-6-11-21/h4-7,9-12,15,23H,3,8,13-14,16-19H2,1-2H3/t23-,25-/m0/s1. The van der Waals surface area contributed by atoms with E-state index in [0.717, 1.165) is 49.4 Å². The minimum atomic E-state index is -0.282. The molecule has 2 aliphatic heterocycles. The molecule has 1 spiro atoms. The summed E-state index contributed by atoms with van der Waals surface area (Å²) in [5.41, 5.74) is 3.00. The predicted molar refractivity (Wildman–Crippen MR) is 119 cm³/mol. The lowest BCUT2D eigenvalue weighted by atomic mass is 9.96. The molecule has 5 heteroatoms.